The Morgan fingerprint density at radius 1 is 1.03 bits per heavy atom. The molecule has 2 amide bonds. The standard InChI is InChI=1S/C24H21ClF3N7O3/c1-29-8-9-38-20(36)11-19-21-22(31-12-30-19)35(13-32-21)16-5-2-14(3-6-16)33-23(37)34-15-4-7-18(25)17(10-15)24(26,27)28/h2-7,10,12-13,29H,8-9,11H2,1H3,(H2,33,34,37). The number of ether oxygens (including phenoxy) is 1. The minimum Gasteiger partial charge on any atom is -0.464 e. The lowest BCUT2D eigenvalue weighted by atomic mass is 10.2. The van der Waals surface area contributed by atoms with Crippen LogP contribution in [-0.4, -0.2) is 51.7 Å². The van der Waals surface area contributed by atoms with Gasteiger partial charge in [-0.3, -0.25) is 9.36 Å². The maximum Gasteiger partial charge on any atom is 0.417 e. The number of hydrogen-bond donors (Lipinski definition) is 3. The van der Waals surface area contributed by atoms with Crippen LogP contribution in [-0.2, 0) is 22.1 Å². The number of nitrogens with one attached hydrogen (secondary N) is 3. The van der Waals surface area contributed by atoms with Crippen molar-refractivity contribution in [3.63, 3.8) is 0 Å². The Labute approximate surface area is 219 Å². The summed E-state index contributed by atoms with van der Waals surface area (Å²) in [7, 11) is 1.75. The van der Waals surface area contributed by atoms with Gasteiger partial charge in [0.25, 0.3) is 0 Å². The number of urea groups is 1. The van der Waals surface area contributed by atoms with Gasteiger partial charge in [-0.05, 0) is 49.5 Å². The number of imidazole rings is 1. The van der Waals surface area contributed by atoms with Crippen LogP contribution in [0.5, 0.6) is 0 Å². The Hall–Kier alpha value is -4.23. The normalized spacial score (nSPS) is 11.4. The summed E-state index contributed by atoms with van der Waals surface area (Å²) in [4.78, 5) is 37.2. The van der Waals surface area contributed by atoms with E-state index in [9.17, 15) is 22.8 Å². The molecule has 4 rings (SSSR count). The van der Waals surface area contributed by atoms with E-state index in [2.05, 4.69) is 30.9 Å². The highest BCUT2D eigenvalue weighted by atomic mass is 35.5. The van der Waals surface area contributed by atoms with Crippen LogP contribution in [0.4, 0.5) is 29.3 Å². The predicted octanol–water partition coefficient (Wildman–Crippen LogP) is 4.44. The second-order valence-corrected chi connectivity index (χ2v) is 8.33. The van der Waals surface area contributed by atoms with Crippen LogP contribution in [0.1, 0.15) is 11.3 Å². The van der Waals surface area contributed by atoms with E-state index in [4.69, 9.17) is 16.3 Å². The summed E-state index contributed by atoms with van der Waals surface area (Å²) < 4.78 is 46.0. The van der Waals surface area contributed by atoms with Gasteiger partial charge >= 0.3 is 18.2 Å². The van der Waals surface area contributed by atoms with Gasteiger partial charge in [0, 0.05) is 23.6 Å². The molecule has 38 heavy (non-hydrogen) atoms. The number of aromatic nitrogens is 4. The van der Waals surface area contributed by atoms with E-state index in [1.54, 1.807) is 35.9 Å². The monoisotopic (exact) mass is 547 g/mol. The Balaban J connectivity index is 1.44. The molecule has 0 saturated carbocycles. The third-order valence-corrected chi connectivity index (χ3v) is 5.60. The van der Waals surface area contributed by atoms with Crippen LogP contribution in [0.2, 0.25) is 5.02 Å². The van der Waals surface area contributed by atoms with E-state index in [1.165, 1.54) is 18.7 Å². The zero-order chi connectivity index (χ0) is 27.3. The van der Waals surface area contributed by atoms with Gasteiger partial charge < -0.3 is 20.7 Å². The first-order valence-corrected chi connectivity index (χ1v) is 11.6. The quantitative estimate of drug-likeness (QED) is 0.220. The molecule has 2 heterocycles. The first-order valence-electron chi connectivity index (χ1n) is 11.2. The molecule has 2 aromatic heterocycles. The minimum absolute atomic E-state index is 0.0597. The van der Waals surface area contributed by atoms with Gasteiger partial charge in [-0.1, -0.05) is 11.6 Å². The summed E-state index contributed by atoms with van der Waals surface area (Å²) in [6.45, 7) is 0.775. The number of likely N-dealkylation sites (N-methyl/N-ethyl adjacent to an activating group) is 1. The fraction of sp³-hybridized carbons (Fsp3) is 0.208. The van der Waals surface area contributed by atoms with E-state index >= 15 is 0 Å². The van der Waals surface area contributed by atoms with Crippen LogP contribution in [0, 0.1) is 0 Å². The molecule has 0 spiro atoms. The average Bonchev–Trinajstić information content (AvgIpc) is 3.30. The Bertz CT molecular complexity index is 1460. The molecule has 198 valence electrons. The summed E-state index contributed by atoms with van der Waals surface area (Å²) in [6.07, 6.45) is -1.85. The Morgan fingerprint density at radius 3 is 2.45 bits per heavy atom. The van der Waals surface area contributed by atoms with E-state index in [0.717, 1.165) is 12.1 Å². The molecular formula is C24H21ClF3N7O3. The predicted molar refractivity (Wildman–Crippen MR) is 134 cm³/mol. The van der Waals surface area contributed by atoms with Gasteiger partial charge in [0.2, 0.25) is 0 Å². The molecule has 3 N–H and O–H groups in total. The molecular weight excluding hydrogens is 527 g/mol. The number of carbonyl (C=O) groups excluding carboxylic acids is 2. The molecule has 0 aliphatic heterocycles. The number of fused-ring (bicyclic) bond motifs is 1. The van der Waals surface area contributed by atoms with Crippen molar-refractivity contribution in [1.82, 2.24) is 24.8 Å². The SMILES string of the molecule is CNCCOC(=O)Cc1ncnc2c1ncn2-c1ccc(NC(=O)Nc2ccc(Cl)c(C(F)(F)F)c2)cc1. The molecule has 4 aromatic rings. The molecule has 0 aliphatic rings. The molecule has 14 heteroatoms. The Kier molecular flexibility index (Phi) is 8.08. The number of rotatable bonds is 8. The topological polar surface area (TPSA) is 123 Å². The second-order valence-electron chi connectivity index (χ2n) is 7.93. The number of amides is 2. The van der Waals surface area contributed by atoms with Gasteiger partial charge in [0.05, 0.1) is 22.7 Å². The van der Waals surface area contributed by atoms with E-state index in [0.29, 0.717) is 34.8 Å². The van der Waals surface area contributed by atoms with Crippen LogP contribution < -0.4 is 16.0 Å². The largest absolute Gasteiger partial charge is 0.464 e. The maximum atomic E-state index is 13.0. The molecule has 0 bridgehead atoms. The minimum atomic E-state index is -4.65. The number of esters is 1. The van der Waals surface area contributed by atoms with E-state index in [-0.39, 0.29) is 18.7 Å². The van der Waals surface area contributed by atoms with Crippen molar-refractivity contribution in [2.45, 2.75) is 12.6 Å². The number of alkyl halides is 3. The van der Waals surface area contributed by atoms with Gasteiger partial charge in [0.15, 0.2) is 5.65 Å². The number of benzene rings is 2. The lowest BCUT2D eigenvalue weighted by Gasteiger charge is -2.12. The fourth-order valence-electron chi connectivity index (χ4n) is 3.48. The molecule has 0 saturated heterocycles. The van der Waals surface area contributed by atoms with Crippen molar-refractivity contribution >= 4 is 46.1 Å². The van der Waals surface area contributed by atoms with Gasteiger partial charge in [-0.15, -0.1) is 0 Å². The smallest absolute Gasteiger partial charge is 0.417 e. The molecule has 0 unspecified atom stereocenters. The first-order chi connectivity index (χ1) is 18.2. The summed E-state index contributed by atoms with van der Waals surface area (Å²) >= 11 is 5.61. The zero-order valence-corrected chi connectivity index (χ0v) is 20.6. The number of carbonyl (C=O) groups is 2. The summed E-state index contributed by atoms with van der Waals surface area (Å²) in [5.74, 6) is -0.434. The molecule has 0 aliphatic carbocycles. The van der Waals surface area contributed by atoms with E-state index in [1.807, 2.05) is 0 Å². The van der Waals surface area contributed by atoms with Crippen molar-refractivity contribution in [1.29, 1.82) is 0 Å². The molecule has 0 atom stereocenters. The molecule has 10 nitrogen and oxygen atoms in total. The van der Waals surface area contributed by atoms with Gasteiger partial charge in [-0.2, -0.15) is 13.2 Å². The van der Waals surface area contributed by atoms with Crippen molar-refractivity contribution in [2.75, 3.05) is 30.8 Å². The third-order valence-electron chi connectivity index (χ3n) is 5.27. The Morgan fingerprint density at radius 2 is 1.74 bits per heavy atom. The highest BCUT2D eigenvalue weighted by Crippen LogP contribution is 2.36. The lowest BCUT2D eigenvalue weighted by molar-refractivity contribution is -0.142. The number of hydrogen-bond acceptors (Lipinski definition) is 7. The lowest BCUT2D eigenvalue weighted by Crippen LogP contribution is -2.20. The number of halogens is 4. The highest BCUT2D eigenvalue weighted by Gasteiger charge is 2.33. The summed E-state index contributed by atoms with van der Waals surface area (Å²) in [5, 5.41) is 7.33. The molecule has 0 fully saturated rings. The number of nitrogens with zero attached hydrogens (tertiary/aromatic N) is 4. The van der Waals surface area contributed by atoms with Gasteiger partial charge in [0.1, 0.15) is 24.8 Å². The molecule has 2 aromatic carbocycles. The first kappa shape index (κ1) is 26.8. The summed E-state index contributed by atoms with van der Waals surface area (Å²) in [5.41, 5.74) is 1.27. The van der Waals surface area contributed by atoms with Crippen LogP contribution in [0.15, 0.2) is 55.1 Å². The van der Waals surface area contributed by atoms with Crippen LogP contribution in [0.25, 0.3) is 16.9 Å². The van der Waals surface area contributed by atoms with Crippen LogP contribution in [0.3, 0.4) is 0 Å². The summed E-state index contributed by atoms with van der Waals surface area (Å²) in [6, 6.07) is 8.93. The van der Waals surface area contributed by atoms with Crippen LogP contribution >= 0.6 is 11.6 Å². The van der Waals surface area contributed by atoms with Gasteiger partial charge in [-0.25, -0.2) is 19.7 Å². The van der Waals surface area contributed by atoms with Crippen molar-refractivity contribution in [3.8, 4) is 5.69 Å². The highest BCUT2D eigenvalue weighted by molar-refractivity contribution is 6.31. The number of anilines is 2. The van der Waals surface area contributed by atoms with Crippen molar-refractivity contribution in [3.05, 3.63) is 71.4 Å². The zero-order valence-electron chi connectivity index (χ0n) is 19.8. The fourth-order valence-corrected chi connectivity index (χ4v) is 3.70. The van der Waals surface area contributed by atoms with E-state index < -0.39 is 28.8 Å². The average molecular weight is 548 g/mol. The van der Waals surface area contributed by atoms with Crippen molar-refractivity contribution in [2.24, 2.45) is 0 Å². The maximum absolute atomic E-state index is 13.0. The molecule has 0 radical (unpaired) electrons. The van der Waals surface area contributed by atoms with Crippen molar-refractivity contribution < 1.29 is 27.5 Å². The third kappa shape index (κ3) is 6.36. The second kappa shape index (κ2) is 11.4.